The Morgan fingerprint density at radius 3 is 2.76 bits per heavy atom. The number of aromatic amines is 1. The summed E-state index contributed by atoms with van der Waals surface area (Å²) in [5.41, 5.74) is 0.208. The van der Waals surface area contributed by atoms with Gasteiger partial charge in [0, 0.05) is 38.6 Å². The largest absolute Gasteiger partial charge is 0.503 e. The maximum atomic E-state index is 13.2. The van der Waals surface area contributed by atoms with Crippen molar-refractivity contribution < 1.29 is 19.1 Å². The van der Waals surface area contributed by atoms with Crippen molar-refractivity contribution in [2.45, 2.75) is 32.2 Å². The molecule has 2 aromatic heterocycles. The number of rotatable bonds is 5. The second-order valence-corrected chi connectivity index (χ2v) is 8.39. The van der Waals surface area contributed by atoms with Crippen molar-refractivity contribution in [1.29, 1.82) is 0 Å². The number of pyridine rings is 1. The van der Waals surface area contributed by atoms with Crippen molar-refractivity contribution in [3.63, 3.8) is 0 Å². The van der Waals surface area contributed by atoms with Crippen molar-refractivity contribution in [3.05, 3.63) is 81.5 Å². The van der Waals surface area contributed by atoms with Crippen LogP contribution in [0, 0.1) is 5.82 Å². The molecule has 1 unspecified atom stereocenters. The van der Waals surface area contributed by atoms with E-state index in [0.717, 1.165) is 18.7 Å². The summed E-state index contributed by atoms with van der Waals surface area (Å²) in [6.07, 6.45) is 5.17. The summed E-state index contributed by atoms with van der Waals surface area (Å²) in [4.78, 5) is 49.7. The predicted octanol–water partition coefficient (Wildman–Crippen LogP) is 1.03. The molecule has 11 heteroatoms. The lowest BCUT2D eigenvalue weighted by Gasteiger charge is -2.47. The lowest BCUT2D eigenvalue weighted by Crippen LogP contribution is -2.60. The van der Waals surface area contributed by atoms with Crippen molar-refractivity contribution in [3.8, 4) is 5.75 Å². The smallest absolute Gasteiger partial charge is 0.275 e. The molecule has 1 atom stereocenters. The summed E-state index contributed by atoms with van der Waals surface area (Å²) in [6, 6.07) is 5.60. The Bertz CT molecular complexity index is 1290. The first kappa shape index (κ1) is 21.8. The van der Waals surface area contributed by atoms with Gasteiger partial charge in [0.2, 0.25) is 5.43 Å². The van der Waals surface area contributed by atoms with E-state index < -0.39 is 28.8 Å². The maximum Gasteiger partial charge on any atom is 0.275 e. The first-order valence-electron chi connectivity index (χ1n) is 10.9. The average molecular weight is 466 g/mol. The van der Waals surface area contributed by atoms with Crippen LogP contribution in [0.15, 0.2) is 47.8 Å². The SMILES string of the molecule is O=C(NCc1ccc(F)cc1)c1cn2c(c(O)c1=O)C(=O)N1CCCN(Cc3c[nH]cn3)C1C2. The fourth-order valence-corrected chi connectivity index (χ4v) is 4.53. The Morgan fingerprint density at radius 2 is 2.03 bits per heavy atom. The molecule has 2 amide bonds. The first-order valence-corrected chi connectivity index (χ1v) is 10.9. The number of aromatic hydroxyl groups is 1. The number of aromatic nitrogens is 3. The molecule has 4 heterocycles. The standard InChI is InChI=1S/C23H23FN6O4/c24-15-4-2-14(3-5-15)8-26-22(33)17-11-29-12-18-28(10-16-9-25-13-27-16)6-1-7-30(18)23(34)19(29)21(32)20(17)31/h2-5,9,11,13,18,32H,1,6-8,10,12H2,(H,25,27)(H,26,33). The van der Waals surface area contributed by atoms with Crippen LogP contribution in [0.3, 0.4) is 0 Å². The van der Waals surface area contributed by atoms with Crippen LogP contribution in [-0.4, -0.2) is 60.5 Å². The molecule has 0 spiro atoms. The van der Waals surface area contributed by atoms with Crippen molar-refractivity contribution in [2.24, 2.45) is 0 Å². The monoisotopic (exact) mass is 466 g/mol. The third-order valence-electron chi connectivity index (χ3n) is 6.24. The minimum Gasteiger partial charge on any atom is -0.503 e. The normalized spacial score (nSPS) is 17.9. The van der Waals surface area contributed by atoms with Crippen molar-refractivity contribution in [1.82, 2.24) is 29.7 Å². The summed E-state index contributed by atoms with van der Waals surface area (Å²) in [6.45, 7) is 2.16. The fraction of sp³-hybridized carbons (Fsp3) is 0.304. The lowest BCUT2D eigenvalue weighted by atomic mass is 10.1. The second kappa shape index (κ2) is 8.75. The van der Waals surface area contributed by atoms with E-state index in [0.29, 0.717) is 18.7 Å². The second-order valence-electron chi connectivity index (χ2n) is 8.39. The Morgan fingerprint density at radius 1 is 1.24 bits per heavy atom. The molecule has 0 saturated carbocycles. The molecule has 0 bridgehead atoms. The van der Waals surface area contributed by atoms with Crippen LogP contribution < -0.4 is 10.7 Å². The van der Waals surface area contributed by atoms with Gasteiger partial charge in [0.25, 0.3) is 11.8 Å². The average Bonchev–Trinajstić information content (AvgIpc) is 3.34. The third-order valence-corrected chi connectivity index (χ3v) is 6.24. The van der Waals surface area contributed by atoms with Gasteiger partial charge in [0.15, 0.2) is 11.4 Å². The summed E-state index contributed by atoms with van der Waals surface area (Å²) >= 11 is 0. The molecule has 176 valence electrons. The maximum absolute atomic E-state index is 13.2. The molecule has 2 aliphatic heterocycles. The van der Waals surface area contributed by atoms with E-state index in [1.165, 1.54) is 35.0 Å². The van der Waals surface area contributed by atoms with E-state index in [-0.39, 0.29) is 30.5 Å². The van der Waals surface area contributed by atoms with E-state index in [4.69, 9.17) is 0 Å². The number of hydrogen-bond acceptors (Lipinski definition) is 6. The van der Waals surface area contributed by atoms with E-state index in [2.05, 4.69) is 20.2 Å². The van der Waals surface area contributed by atoms with E-state index in [1.807, 2.05) is 0 Å². The van der Waals surface area contributed by atoms with E-state index >= 15 is 0 Å². The van der Waals surface area contributed by atoms with Crippen LogP contribution in [0.1, 0.15) is 38.5 Å². The quantitative estimate of drug-likeness (QED) is 0.516. The number of nitrogens with zero attached hydrogens (tertiary/aromatic N) is 4. The Kier molecular flexibility index (Phi) is 5.62. The highest BCUT2D eigenvalue weighted by Gasteiger charge is 2.40. The highest BCUT2D eigenvalue weighted by molar-refractivity contribution is 5.99. The molecule has 1 aromatic carbocycles. The minimum absolute atomic E-state index is 0.0772. The molecule has 0 aliphatic carbocycles. The molecule has 5 rings (SSSR count). The third kappa shape index (κ3) is 3.94. The highest BCUT2D eigenvalue weighted by Crippen LogP contribution is 2.28. The van der Waals surface area contributed by atoms with Crippen LogP contribution in [0.5, 0.6) is 5.75 Å². The molecule has 1 fully saturated rings. The van der Waals surface area contributed by atoms with Gasteiger partial charge >= 0.3 is 0 Å². The van der Waals surface area contributed by atoms with Crippen LogP contribution in [-0.2, 0) is 19.6 Å². The molecule has 1 saturated heterocycles. The first-order chi connectivity index (χ1) is 16.4. The molecule has 2 aliphatic rings. The number of hydrogen-bond donors (Lipinski definition) is 3. The molecule has 34 heavy (non-hydrogen) atoms. The van der Waals surface area contributed by atoms with E-state index in [1.54, 1.807) is 17.4 Å². The number of benzene rings is 1. The number of fused-ring (bicyclic) bond motifs is 2. The van der Waals surface area contributed by atoms with Gasteiger partial charge in [-0.25, -0.2) is 9.37 Å². The molecule has 0 radical (unpaired) electrons. The Balaban J connectivity index is 1.42. The fourth-order valence-electron chi connectivity index (χ4n) is 4.53. The number of nitrogens with one attached hydrogen (secondary N) is 2. The minimum atomic E-state index is -0.903. The van der Waals surface area contributed by atoms with Crippen molar-refractivity contribution in [2.75, 3.05) is 13.1 Å². The Labute approximate surface area is 193 Å². The lowest BCUT2D eigenvalue weighted by molar-refractivity contribution is -0.0144. The Hall–Kier alpha value is -3.99. The summed E-state index contributed by atoms with van der Waals surface area (Å²) in [5, 5.41) is 13.2. The molecule has 3 N–H and O–H groups in total. The number of imidazole rings is 1. The van der Waals surface area contributed by atoms with Crippen molar-refractivity contribution >= 4 is 11.8 Å². The van der Waals surface area contributed by atoms with Gasteiger partial charge in [-0.05, 0) is 24.1 Å². The van der Waals surface area contributed by atoms with Crippen LogP contribution >= 0.6 is 0 Å². The van der Waals surface area contributed by atoms with Gasteiger partial charge in [-0.15, -0.1) is 0 Å². The zero-order chi connectivity index (χ0) is 23.8. The predicted molar refractivity (Wildman–Crippen MR) is 118 cm³/mol. The summed E-state index contributed by atoms with van der Waals surface area (Å²) in [7, 11) is 0. The highest BCUT2D eigenvalue weighted by atomic mass is 19.1. The van der Waals surface area contributed by atoms with Gasteiger partial charge in [-0.1, -0.05) is 12.1 Å². The number of H-pyrrole nitrogens is 1. The summed E-state index contributed by atoms with van der Waals surface area (Å²) < 4.78 is 14.6. The topological polar surface area (TPSA) is 124 Å². The number of carbonyl (C=O) groups excluding carboxylic acids is 2. The summed E-state index contributed by atoms with van der Waals surface area (Å²) in [5.74, 6) is -2.26. The zero-order valence-corrected chi connectivity index (χ0v) is 18.2. The number of amides is 2. The molecular formula is C23H23FN6O4. The molecular weight excluding hydrogens is 443 g/mol. The van der Waals surface area contributed by atoms with Gasteiger partial charge < -0.3 is 24.9 Å². The zero-order valence-electron chi connectivity index (χ0n) is 18.2. The molecule has 10 nitrogen and oxygen atoms in total. The van der Waals surface area contributed by atoms with Crippen LogP contribution in [0.4, 0.5) is 4.39 Å². The number of carbonyl (C=O) groups is 2. The van der Waals surface area contributed by atoms with Crippen LogP contribution in [0.2, 0.25) is 0 Å². The van der Waals surface area contributed by atoms with Gasteiger partial charge in [0.1, 0.15) is 17.5 Å². The van der Waals surface area contributed by atoms with Gasteiger partial charge in [-0.3, -0.25) is 19.3 Å². The van der Waals surface area contributed by atoms with Gasteiger partial charge in [0.05, 0.1) is 18.6 Å². The van der Waals surface area contributed by atoms with Gasteiger partial charge in [-0.2, -0.15) is 0 Å². The van der Waals surface area contributed by atoms with E-state index in [9.17, 15) is 23.9 Å². The van der Waals surface area contributed by atoms with Crippen LogP contribution in [0.25, 0.3) is 0 Å². The molecule has 3 aromatic rings. The number of halogens is 1.